The molecule has 0 unspecified atom stereocenters. The highest BCUT2D eigenvalue weighted by Gasteiger charge is 2.45. The quantitative estimate of drug-likeness (QED) is 0.307. The first-order valence-corrected chi connectivity index (χ1v) is 9.17. The molecule has 0 aliphatic heterocycles. The predicted octanol–water partition coefficient (Wildman–Crippen LogP) is 2.99. The van der Waals surface area contributed by atoms with E-state index in [1.165, 1.54) is 30.0 Å². The van der Waals surface area contributed by atoms with Crippen molar-refractivity contribution < 1.29 is 9.53 Å². The summed E-state index contributed by atoms with van der Waals surface area (Å²) in [6, 6.07) is 8.44. The van der Waals surface area contributed by atoms with Crippen molar-refractivity contribution in [2.24, 2.45) is 4.99 Å². The number of benzene rings is 1. The monoisotopic (exact) mass is 395 g/mol. The Morgan fingerprint density at radius 1 is 1.29 bits per heavy atom. The van der Waals surface area contributed by atoms with Crippen molar-refractivity contribution in [1.29, 1.82) is 0 Å². The number of nitrogens with one attached hydrogen (secondary N) is 2. The normalized spacial score (nSPS) is 15.7. The van der Waals surface area contributed by atoms with E-state index in [1.54, 1.807) is 7.05 Å². The van der Waals surface area contributed by atoms with Crippen molar-refractivity contribution in [2.45, 2.75) is 37.5 Å². The van der Waals surface area contributed by atoms with Crippen molar-refractivity contribution in [3.05, 3.63) is 34.3 Å². The lowest BCUT2D eigenvalue weighted by atomic mass is 9.96. The molecular weight excluding hydrogens is 370 g/mol. The van der Waals surface area contributed by atoms with E-state index in [0.717, 1.165) is 31.9 Å². The molecule has 0 saturated heterocycles. The van der Waals surface area contributed by atoms with Crippen LogP contribution >= 0.6 is 15.9 Å². The number of halogens is 1. The Balaban J connectivity index is 1.74. The Labute approximate surface area is 152 Å². The van der Waals surface area contributed by atoms with Gasteiger partial charge in [-0.2, -0.15) is 0 Å². The zero-order valence-corrected chi connectivity index (χ0v) is 16.0. The fourth-order valence-electron chi connectivity index (χ4n) is 2.76. The van der Waals surface area contributed by atoms with E-state index in [2.05, 4.69) is 54.5 Å². The molecule has 1 aromatic rings. The van der Waals surface area contributed by atoms with Gasteiger partial charge in [0.25, 0.3) is 0 Å². The molecule has 1 fully saturated rings. The van der Waals surface area contributed by atoms with Crippen LogP contribution in [0, 0.1) is 0 Å². The van der Waals surface area contributed by atoms with Gasteiger partial charge in [0.2, 0.25) is 0 Å². The van der Waals surface area contributed by atoms with Crippen molar-refractivity contribution in [3.63, 3.8) is 0 Å². The average Bonchev–Trinajstić information content (AvgIpc) is 3.38. The standard InChI is InChI=1S/C18H26BrN3O2/c1-20-17(21-12-6-5-9-16(23)24-2)22-13-18(10-11-18)14-7-3-4-8-15(14)19/h3-4,7-8H,5-6,9-13H2,1-2H3,(H2,20,21,22). The van der Waals surface area contributed by atoms with Gasteiger partial charge in [-0.05, 0) is 37.3 Å². The van der Waals surface area contributed by atoms with Gasteiger partial charge < -0.3 is 15.4 Å². The third kappa shape index (κ3) is 5.23. The number of carbonyl (C=O) groups is 1. The van der Waals surface area contributed by atoms with Gasteiger partial charge in [0.05, 0.1) is 7.11 Å². The number of ether oxygens (including phenoxy) is 1. The summed E-state index contributed by atoms with van der Waals surface area (Å²) in [6.45, 7) is 1.66. The molecule has 0 aromatic heterocycles. The van der Waals surface area contributed by atoms with Crippen molar-refractivity contribution in [2.75, 3.05) is 27.2 Å². The molecule has 0 amide bonds. The van der Waals surface area contributed by atoms with E-state index < -0.39 is 0 Å². The molecule has 5 nitrogen and oxygen atoms in total. The molecule has 0 atom stereocenters. The van der Waals surface area contributed by atoms with Crippen molar-refractivity contribution in [3.8, 4) is 0 Å². The highest BCUT2D eigenvalue weighted by molar-refractivity contribution is 9.10. The minimum Gasteiger partial charge on any atom is -0.469 e. The summed E-state index contributed by atoms with van der Waals surface area (Å²) >= 11 is 3.66. The summed E-state index contributed by atoms with van der Waals surface area (Å²) in [5, 5.41) is 6.74. The molecule has 0 heterocycles. The summed E-state index contributed by atoms with van der Waals surface area (Å²) in [7, 11) is 3.20. The molecule has 2 rings (SSSR count). The van der Waals surface area contributed by atoms with Crippen LogP contribution in [0.5, 0.6) is 0 Å². The van der Waals surface area contributed by atoms with Gasteiger partial charge in [-0.3, -0.25) is 9.79 Å². The zero-order chi connectivity index (χ0) is 17.4. The molecule has 2 N–H and O–H groups in total. The molecule has 1 aliphatic rings. The second-order valence-electron chi connectivity index (χ2n) is 6.15. The fraction of sp³-hybridized carbons (Fsp3) is 0.556. The molecule has 132 valence electrons. The van der Waals surface area contributed by atoms with Crippen molar-refractivity contribution in [1.82, 2.24) is 10.6 Å². The van der Waals surface area contributed by atoms with Crippen LogP contribution < -0.4 is 10.6 Å². The van der Waals surface area contributed by atoms with E-state index in [0.29, 0.717) is 6.42 Å². The van der Waals surface area contributed by atoms with Crippen LogP contribution in [0.4, 0.5) is 0 Å². The molecule has 0 spiro atoms. The number of hydrogen-bond donors (Lipinski definition) is 2. The molecule has 1 aliphatic carbocycles. The Kier molecular flexibility index (Phi) is 7.09. The third-order valence-corrected chi connectivity index (χ3v) is 5.14. The first-order chi connectivity index (χ1) is 11.6. The van der Waals surface area contributed by atoms with Crippen LogP contribution in [0.25, 0.3) is 0 Å². The summed E-state index contributed by atoms with van der Waals surface area (Å²) in [4.78, 5) is 15.3. The summed E-state index contributed by atoms with van der Waals surface area (Å²) in [5.74, 6) is 0.660. The molecule has 0 bridgehead atoms. The zero-order valence-electron chi connectivity index (χ0n) is 14.4. The number of unbranched alkanes of at least 4 members (excludes halogenated alkanes) is 1. The summed E-state index contributed by atoms with van der Waals surface area (Å²) in [6.07, 6.45) is 4.58. The molecule has 24 heavy (non-hydrogen) atoms. The first kappa shape index (κ1) is 18.8. The van der Waals surface area contributed by atoms with E-state index in [4.69, 9.17) is 0 Å². The minimum atomic E-state index is -0.151. The highest BCUT2D eigenvalue weighted by Crippen LogP contribution is 2.49. The Morgan fingerprint density at radius 3 is 2.67 bits per heavy atom. The number of esters is 1. The highest BCUT2D eigenvalue weighted by atomic mass is 79.9. The van der Waals surface area contributed by atoms with Crippen molar-refractivity contribution >= 4 is 27.9 Å². The molecule has 1 saturated carbocycles. The van der Waals surface area contributed by atoms with E-state index in [9.17, 15) is 4.79 Å². The van der Waals surface area contributed by atoms with Crippen LogP contribution in [0.2, 0.25) is 0 Å². The lowest BCUT2D eigenvalue weighted by Gasteiger charge is -2.20. The third-order valence-electron chi connectivity index (χ3n) is 4.44. The lowest BCUT2D eigenvalue weighted by molar-refractivity contribution is -0.140. The van der Waals surface area contributed by atoms with Gasteiger partial charge in [-0.15, -0.1) is 0 Å². The summed E-state index contributed by atoms with van der Waals surface area (Å²) in [5.41, 5.74) is 1.58. The second kappa shape index (κ2) is 9.06. The SMILES string of the molecule is CN=C(NCCCCC(=O)OC)NCC1(c2ccccc2Br)CC1. The van der Waals surface area contributed by atoms with Crippen LogP contribution in [0.3, 0.4) is 0 Å². The number of aliphatic imine (C=N–C) groups is 1. The van der Waals surface area contributed by atoms with Gasteiger partial charge in [-0.1, -0.05) is 34.1 Å². The molecular formula is C18H26BrN3O2. The van der Waals surface area contributed by atoms with Crippen LogP contribution in [0.1, 0.15) is 37.7 Å². The largest absolute Gasteiger partial charge is 0.469 e. The van der Waals surface area contributed by atoms with Gasteiger partial charge in [0.1, 0.15) is 0 Å². The maximum Gasteiger partial charge on any atom is 0.305 e. The Hall–Kier alpha value is -1.56. The van der Waals surface area contributed by atoms with Crippen LogP contribution in [-0.4, -0.2) is 39.2 Å². The molecule has 0 radical (unpaired) electrons. The van der Waals surface area contributed by atoms with E-state index in [1.807, 2.05) is 6.07 Å². The maximum atomic E-state index is 11.1. The van der Waals surface area contributed by atoms with E-state index >= 15 is 0 Å². The molecule has 1 aromatic carbocycles. The van der Waals surface area contributed by atoms with Gasteiger partial charge in [-0.25, -0.2) is 0 Å². The van der Waals surface area contributed by atoms with Gasteiger partial charge in [0.15, 0.2) is 5.96 Å². The number of carbonyl (C=O) groups excluding carboxylic acids is 1. The van der Waals surface area contributed by atoms with Crippen LogP contribution in [0.15, 0.2) is 33.7 Å². The predicted molar refractivity (Wildman–Crippen MR) is 100 cm³/mol. The Morgan fingerprint density at radius 2 is 2.04 bits per heavy atom. The Bertz CT molecular complexity index is 585. The minimum absolute atomic E-state index is 0.151. The number of hydrogen-bond acceptors (Lipinski definition) is 3. The van der Waals surface area contributed by atoms with Crippen LogP contribution in [-0.2, 0) is 14.9 Å². The topological polar surface area (TPSA) is 62.7 Å². The number of rotatable bonds is 8. The first-order valence-electron chi connectivity index (χ1n) is 8.37. The fourth-order valence-corrected chi connectivity index (χ4v) is 3.47. The lowest BCUT2D eigenvalue weighted by Crippen LogP contribution is -2.41. The number of methoxy groups -OCH3 is 1. The maximum absolute atomic E-state index is 11.1. The van der Waals surface area contributed by atoms with E-state index in [-0.39, 0.29) is 11.4 Å². The van der Waals surface area contributed by atoms with Gasteiger partial charge >= 0.3 is 5.97 Å². The number of nitrogens with zero attached hydrogens (tertiary/aromatic N) is 1. The number of guanidine groups is 1. The summed E-state index contributed by atoms with van der Waals surface area (Å²) < 4.78 is 5.81. The smallest absolute Gasteiger partial charge is 0.305 e. The second-order valence-corrected chi connectivity index (χ2v) is 7.00. The molecule has 6 heteroatoms. The average molecular weight is 396 g/mol. The van der Waals surface area contributed by atoms with Gasteiger partial charge in [0, 0.05) is 36.4 Å².